The molecular formula is C12H17N3O5. The zero-order valence-electron chi connectivity index (χ0n) is 11.1. The van der Waals surface area contributed by atoms with E-state index in [4.69, 9.17) is 9.52 Å². The number of rotatable bonds is 7. The van der Waals surface area contributed by atoms with Crippen LogP contribution in [0.5, 0.6) is 0 Å². The van der Waals surface area contributed by atoms with E-state index in [-0.39, 0.29) is 6.54 Å². The summed E-state index contributed by atoms with van der Waals surface area (Å²) in [5, 5.41) is 12.9. The number of hydrogen-bond acceptors (Lipinski definition) is 4. The summed E-state index contributed by atoms with van der Waals surface area (Å²) in [7, 11) is 0. The van der Waals surface area contributed by atoms with Crippen molar-refractivity contribution >= 4 is 17.9 Å². The number of carbonyl (C=O) groups is 3. The summed E-state index contributed by atoms with van der Waals surface area (Å²) in [6.07, 6.45) is 1.51. The van der Waals surface area contributed by atoms with E-state index < -0.39 is 24.5 Å². The highest BCUT2D eigenvalue weighted by Crippen LogP contribution is 2.05. The third-order valence-electron chi connectivity index (χ3n) is 2.43. The molecule has 0 aliphatic carbocycles. The normalized spacial score (nSPS) is 9.85. The van der Waals surface area contributed by atoms with Gasteiger partial charge in [0.1, 0.15) is 12.3 Å². The van der Waals surface area contributed by atoms with E-state index in [0.29, 0.717) is 18.8 Å². The van der Waals surface area contributed by atoms with Crippen molar-refractivity contribution in [3.8, 4) is 0 Å². The van der Waals surface area contributed by atoms with Crippen LogP contribution >= 0.6 is 0 Å². The van der Waals surface area contributed by atoms with Gasteiger partial charge in [-0.2, -0.15) is 0 Å². The molecule has 0 radical (unpaired) electrons. The smallest absolute Gasteiger partial charge is 0.322 e. The Kier molecular flexibility index (Phi) is 6.08. The Hall–Kier alpha value is -2.51. The van der Waals surface area contributed by atoms with Crippen molar-refractivity contribution in [3.05, 3.63) is 24.2 Å². The molecule has 110 valence electrons. The summed E-state index contributed by atoms with van der Waals surface area (Å²) in [5.41, 5.74) is 0. The highest BCUT2D eigenvalue weighted by Gasteiger charge is 2.14. The van der Waals surface area contributed by atoms with Crippen molar-refractivity contribution in [3.63, 3.8) is 0 Å². The first-order chi connectivity index (χ1) is 9.52. The number of furan rings is 1. The molecule has 0 atom stereocenters. The lowest BCUT2D eigenvalue weighted by atomic mass is 10.4. The Morgan fingerprint density at radius 2 is 2.05 bits per heavy atom. The van der Waals surface area contributed by atoms with Crippen molar-refractivity contribution in [2.24, 2.45) is 0 Å². The summed E-state index contributed by atoms with van der Waals surface area (Å²) < 4.78 is 5.14. The Labute approximate surface area is 115 Å². The highest BCUT2D eigenvalue weighted by atomic mass is 16.4. The number of nitrogens with zero attached hydrogens (tertiary/aromatic N) is 1. The molecule has 0 saturated heterocycles. The predicted molar refractivity (Wildman–Crippen MR) is 68.8 cm³/mol. The zero-order chi connectivity index (χ0) is 15.0. The van der Waals surface area contributed by atoms with Gasteiger partial charge in [0.05, 0.1) is 19.4 Å². The minimum absolute atomic E-state index is 0.277. The molecule has 3 amide bonds. The van der Waals surface area contributed by atoms with Gasteiger partial charge in [-0.1, -0.05) is 0 Å². The molecule has 0 saturated carbocycles. The molecule has 1 rings (SSSR count). The number of carboxylic acids is 1. The number of amides is 3. The van der Waals surface area contributed by atoms with E-state index >= 15 is 0 Å². The van der Waals surface area contributed by atoms with E-state index in [2.05, 4.69) is 10.6 Å². The van der Waals surface area contributed by atoms with Gasteiger partial charge in [0.15, 0.2) is 0 Å². The Balaban J connectivity index is 2.36. The number of urea groups is 1. The summed E-state index contributed by atoms with van der Waals surface area (Å²) in [5.74, 6) is -1.06. The Morgan fingerprint density at radius 1 is 1.30 bits per heavy atom. The number of nitrogens with one attached hydrogen (secondary N) is 2. The van der Waals surface area contributed by atoms with Crippen LogP contribution < -0.4 is 10.6 Å². The lowest BCUT2D eigenvalue weighted by Crippen LogP contribution is -2.44. The first-order valence-electron chi connectivity index (χ1n) is 6.06. The molecule has 8 nitrogen and oxygen atoms in total. The van der Waals surface area contributed by atoms with E-state index in [0.717, 1.165) is 0 Å². The highest BCUT2D eigenvalue weighted by molar-refractivity contribution is 5.86. The predicted octanol–water partition coefficient (Wildman–Crippen LogP) is 0.0119. The summed E-state index contributed by atoms with van der Waals surface area (Å²) in [6, 6.07) is 3.05. The lowest BCUT2D eigenvalue weighted by molar-refractivity contribution is -0.137. The summed E-state index contributed by atoms with van der Waals surface area (Å²) in [6.45, 7) is 1.79. The van der Waals surface area contributed by atoms with Crippen LogP contribution in [0.4, 0.5) is 4.79 Å². The monoisotopic (exact) mass is 283 g/mol. The van der Waals surface area contributed by atoms with Gasteiger partial charge >= 0.3 is 12.0 Å². The van der Waals surface area contributed by atoms with Crippen LogP contribution in [0.2, 0.25) is 0 Å². The van der Waals surface area contributed by atoms with Crippen LogP contribution in [-0.2, 0) is 16.1 Å². The molecule has 0 aliphatic rings. The summed E-state index contributed by atoms with van der Waals surface area (Å²) >= 11 is 0. The lowest BCUT2D eigenvalue weighted by Gasteiger charge is -2.19. The van der Waals surface area contributed by atoms with Crippen molar-refractivity contribution in [1.29, 1.82) is 0 Å². The Bertz CT molecular complexity index is 458. The maximum absolute atomic E-state index is 11.8. The van der Waals surface area contributed by atoms with Crippen LogP contribution in [0.1, 0.15) is 12.7 Å². The SMILES string of the molecule is CCN(Cc1ccco1)C(=O)NCC(=O)NCC(=O)O. The number of carboxylic acid groups (broad SMARTS) is 1. The quantitative estimate of drug-likeness (QED) is 0.652. The molecule has 1 aromatic heterocycles. The van der Waals surface area contributed by atoms with Gasteiger partial charge in [-0.15, -0.1) is 0 Å². The van der Waals surface area contributed by atoms with Gasteiger partial charge in [-0.25, -0.2) is 4.79 Å². The fraction of sp³-hybridized carbons (Fsp3) is 0.417. The topological polar surface area (TPSA) is 112 Å². The van der Waals surface area contributed by atoms with Gasteiger partial charge in [-0.05, 0) is 19.1 Å². The van der Waals surface area contributed by atoms with Crippen LogP contribution in [0.25, 0.3) is 0 Å². The van der Waals surface area contributed by atoms with Gasteiger partial charge in [0, 0.05) is 6.54 Å². The average molecular weight is 283 g/mol. The second-order valence-electron chi connectivity index (χ2n) is 3.92. The Morgan fingerprint density at radius 3 is 2.60 bits per heavy atom. The molecule has 0 fully saturated rings. The second kappa shape index (κ2) is 7.82. The maximum atomic E-state index is 11.8. The largest absolute Gasteiger partial charge is 0.480 e. The molecule has 1 heterocycles. The molecule has 20 heavy (non-hydrogen) atoms. The van der Waals surface area contributed by atoms with Crippen LogP contribution in [0.3, 0.4) is 0 Å². The number of hydrogen-bond donors (Lipinski definition) is 3. The second-order valence-corrected chi connectivity index (χ2v) is 3.92. The van der Waals surface area contributed by atoms with Crippen molar-refractivity contribution in [2.45, 2.75) is 13.5 Å². The fourth-order valence-corrected chi connectivity index (χ4v) is 1.42. The molecule has 3 N–H and O–H groups in total. The van der Waals surface area contributed by atoms with Crippen LogP contribution in [0, 0.1) is 0 Å². The number of carbonyl (C=O) groups excluding carboxylic acids is 2. The van der Waals surface area contributed by atoms with E-state index in [1.807, 2.05) is 0 Å². The van der Waals surface area contributed by atoms with Crippen molar-refractivity contribution in [2.75, 3.05) is 19.6 Å². The van der Waals surface area contributed by atoms with Gasteiger partial charge < -0.3 is 25.1 Å². The van der Waals surface area contributed by atoms with E-state index in [1.165, 1.54) is 11.2 Å². The zero-order valence-corrected chi connectivity index (χ0v) is 11.1. The molecule has 1 aromatic rings. The minimum atomic E-state index is -1.14. The van der Waals surface area contributed by atoms with Crippen molar-refractivity contribution in [1.82, 2.24) is 15.5 Å². The van der Waals surface area contributed by atoms with Gasteiger partial charge in [0.25, 0.3) is 0 Å². The first kappa shape index (κ1) is 15.5. The molecule has 0 bridgehead atoms. The first-order valence-corrected chi connectivity index (χ1v) is 6.06. The third-order valence-corrected chi connectivity index (χ3v) is 2.43. The molecular weight excluding hydrogens is 266 g/mol. The molecule has 8 heteroatoms. The standard InChI is InChI=1S/C12H17N3O5/c1-2-15(8-9-4-3-5-20-9)12(19)14-6-10(16)13-7-11(17)18/h3-5H,2,6-8H2,1H3,(H,13,16)(H,14,19)(H,17,18). The minimum Gasteiger partial charge on any atom is -0.480 e. The van der Waals surface area contributed by atoms with E-state index in [1.54, 1.807) is 19.1 Å². The molecule has 0 aliphatic heterocycles. The molecule has 0 aromatic carbocycles. The van der Waals surface area contributed by atoms with Crippen LogP contribution in [0.15, 0.2) is 22.8 Å². The maximum Gasteiger partial charge on any atom is 0.322 e. The van der Waals surface area contributed by atoms with Gasteiger partial charge in [0.2, 0.25) is 5.91 Å². The summed E-state index contributed by atoms with van der Waals surface area (Å²) in [4.78, 5) is 34.8. The molecule has 0 spiro atoms. The molecule has 0 unspecified atom stereocenters. The van der Waals surface area contributed by atoms with E-state index in [9.17, 15) is 14.4 Å². The number of aliphatic carboxylic acids is 1. The van der Waals surface area contributed by atoms with Crippen molar-refractivity contribution < 1.29 is 23.9 Å². The fourth-order valence-electron chi connectivity index (χ4n) is 1.42. The van der Waals surface area contributed by atoms with Crippen LogP contribution in [-0.4, -0.2) is 47.5 Å². The third kappa shape index (κ3) is 5.42. The average Bonchev–Trinajstić information content (AvgIpc) is 2.92. The van der Waals surface area contributed by atoms with Gasteiger partial charge in [-0.3, -0.25) is 9.59 Å².